The van der Waals surface area contributed by atoms with Crippen molar-refractivity contribution in [3.8, 4) is 0 Å². The Kier molecular flexibility index (Phi) is 8.55. The number of nitrogens with zero attached hydrogens (tertiary/aromatic N) is 1. The van der Waals surface area contributed by atoms with Gasteiger partial charge in [-0.15, -0.1) is 0 Å². The van der Waals surface area contributed by atoms with E-state index in [1.54, 1.807) is 20.8 Å². The molecule has 0 radical (unpaired) electrons. The average Bonchev–Trinajstić information content (AvgIpc) is 3.10. The normalized spacial score (nSPS) is 22.0. The third-order valence-corrected chi connectivity index (χ3v) is 6.70. The number of hydrogen-bond donors (Lipinski definition) is 4. The zero-order chi connectivity index (χ0) is 28.6. The predicted molar refractivity (Wildman–Crippen MR) is 122 cm³/mol. The first kappa shape index (κ1) is 30.3. The fourth-order valence-electron chi connectivity index (χ4n) is 4.98. The molecule has 0 aromatic rings. The second kappa shape index (κ2) is 10.4. The molecule has 1 saturated carbocycles. The van der Waals surface area contributed by atoms with Crippen molar-refractivity contribution in [2.45, 2.75) is 89.8 Å². The summed E-state index contributed by atoms with van der Waals surface area (Å²) in [6, 6.07) is -4.37. The number of alkyl halides is 4. The van der Waals surface area contributed by atoms with E-state index in [1.807, 2.05) is 0 Å². The van der Waals surface area contributed by atoms with Crippen LogP contribution in [0.25, 0.3) is 0 Å². The second-order valence-corrected chi connectivity index (χ2v) is 11.3. The Morgan fingerprint density at radius 2 is 1.62 bits per heavy atom. The summed E-state index contributed by atoms with van der Waals surface area (Å²) in [5.74, 6) is -10.3. The highest BCUT2D eigenvalue weighted by Crippen LogP contribution is 2.58. The number of carbonyl (C=O) groups is 5. The summed E-state index contributed by atoms with van der Waals surface area (Å²) >= 11 is 0. The number of carbonyl (C=O) groups excluding carboxylic acids is 4. The molecule has 210 valence electrons. The number of hydrogen-bond acceptors (Lipinski definition) is 5. The maximum absolute atomic E-state index is 13.8. The molecule has 4 N–H and O–H groups in total. The van der Waals surface area contributed by atoms with Crippen molar-refractivity contribution in [3.05, 3.63) is 0 Å². The first-order valence-corrected chi connectivity index (χ1v) is 11.8. The second-order valence-electron chi connectivity index (χ2n) is 11.3. The number of likely N-dealkylation sites (N-methyl/N-ethyl adjacent to an activating group) is 1. The highest BCUT2D eigenvalue weighted by Gasteiger charge is 2.63. The third kappa shape index (κ3) is 7.54. The molecule has 1 heterocycles. The molecule has 10 nitrogen and oxygen atoms in total. The number of carboxylic acid groups (broad SMARTS) is 1. The molecule has 4 amide bonds. The number of nitrogens with one attached hydrogen (secondary N) is 3. The van der Waals surface area contributed by atoms with Crippen LogP contribution in [0.5, 0.6) is 0 Å². The van der Waals surface area contributed by atoms with Gasteiger partial charge in [0.2, 0.25) is 29.4 Å². The van der Waals surface area contributed by atoms with Crippen molar-refractivity contribution in [3.63, 3.8) is 0 Å². The molecule has 0 aromatic heterocycles. The van der Waals surface area contributed by atoms with Gasteiger partial charge in [0.05, 0.1) is 6.04 Å². The van der Waals surface area contributed by atoms with Crippen LogP contribution in [0.1, 0.15) is 59.8 Å². The number of Topliss-reactive ketones (excluding diaryl/α,β-unsaturated/α-hetero) is 1. The lowest BCUT2D eigenvalue weighted by molar-refractivity contribution is -0.159. The van der Waals surface area contributed by atoms with E-state index in [1.165, 1.54) is 0 Å². The van der Waals surface area contributed by atoms with E-state index in [2.05, 4.69) is 16.0 Å². The van der Waals surface area contributed by atoms with Gasteiger partial charge in [-0.05, 0) is 25.2 Å². The quantitative estimate of drug-likeness (QED) is 0.261. The molecule has 2 aliphatic rings. The van der Waals surface area contributed by atoms with Crippen LogP contribution in [0.2, 0.25) is 0 Å². The van der Waals surface area contributed by atoms with Gasteiger partial charge in [-0.25, -0.2) is 22.4 Å². The number of amides is 4. The summed E-state index contributed by atoms with van der Waals surface area (Å²) < 4.78 is 54.6. The summed E-state index contributed by atoms with van der Waals surface area (Å²) in [5.41, 5.74) is -2.07. The molecule has 1 saturated heterocycles. The minimum atomic E-state index is -3.20. The lowest BCUT2D eigenvalue weighted by Crippen LogP contribution is -2.59. The largest absolute Gasteiger partial charge is 0.465 e. The zero-order valence-corrected chi connectivity index (χ0v) is 21.4. The van der Waals surface area contributed by atoms with E-state index < -0.39 is 96.1 Å². The van der Waals surface area contributed by atoms with Crippen molar-refractivity contribution in [2.75, 3.05) is 13.6 Å². The van der Waals surface area contributed by atoms with E-state index in [0.717, 1.165) is 11.9 Å². The molecule has 0 unspecified atom stereocenters. The predicted octanol–water partition coefficient (Wildman–Crippen LogP) is 1.92. The Morgan fingerprint density at radius 1 is 1.05 bits per heavy atom. The van der Waals surface area contributed by atoms with Crippen molar-refractivity contribution in [2.24, 2.45) is 10.8 Å². The van der Waals surface area contributed by atoms with Crippen molar-refractivity contribution >= 4 is 29.6 Å². The fourth-order valence-corrected chi connectivity index (χ4v) is 4.98. The molecule has 2 fully saturated rings. The molecule has 0 bridgehead atoms. The van der Waals surface area contributed by atoms with Crippen LogP contribution in [0, 0.1) is 10.8 Å². The maximum Gasteiger partial charge on any atom is 0.405 e. The topological polar surface area (TPSA) is 145 Å². The lowest BCUT2D eigenvalue weighted by atomic mass is 9.65. The molecular weight excluding hydrogens is 504 g/mol. The van der Waals surface area contributed by atoms with E-state index >= 15 is 0 Å². The van der Waals surface area contributed by atoms with Gasteiger partial charge in [-0.3, -0.25) is 19.2 Å². The Labute approximate surface area is 211 Å². The van der Waals surface area contributed by atoms with E-state index in [-0.39, 0.29) is 13.0 Å². The fraction of sp³-hybridized carbons (Fsp3) is 0.783. The van der Waals surface area contributed by atoms with Gasteiger partial charge in [0, 0.05) is 38.3 Å². The van der Waals surface area contributed by atoms with Gasteiger partial charge in [-0.1, -0.05) is 20.8 Å². The third-order valence-electron chi connectivity index (χ3n) is 6.70. The lowest BCUT2D eigenvalue weighted by Gasteiger charge is -2.44. The Morgan fingerprint density at radius 3 is 2.05 bits per heavy atom. The molecule has 3 atom stereocenters. The summed E-state index contributed by atoms with van der Waals surface area (Å²) in [7, 11) is 1.15. The standard InChI is InChI=1S/C23H34F4N4O6/c1-20(2,3)15(30-19(36)37)18(35)31-11-22(9-23(26,27)10-22)8-13(31)16(33)29-12(6-7-21(4,24)25)14(32)17(34)28-5/h12-13,15,30H,6-11H2,1-5H3,(H,28,34)(H,29,33)(H,36,37)/t12-,13-,15+/m0/s1. The van der Waals surface area contributed by atoms with E-state index in [4.69, 9.17) is 0 Å². The highest BCUT2D eigenvalue weighted by atomic mass is 19.3. The SMILES string of the molecule is CNC(=O)C(=O)[C@H](CCC(C)(F)F)NC(=O)[C@@H]1CC2(CN1C(=O)[C@@H](NC(=O)O)C(C)(C)C)CC(F)(F)C2. The van der Waals surface area contributed by atoms with E-state index in [0.29, 0.717) is 6.92 Å². The smallest absolute Gasteiger partial charge is 0.405 e. The summed E-state index contributed by atoms with van der Waals surface area (Å²) in [5, 5.41) is 15.7. The summed E-state index contributed by atoms with van der Waals surface area (Å²) in [4.78, 5) is 63.5. The summed E-state index contributed by atoms with van der Waals surface area (Å²) in [6.45, 7) is 5.08. The number of rotatable bonds is 9. The van der Waals surface area contributed by atoms with Crippen LogP contribution >= 0.6 is 0 Å². The minimum absolute atomic E-state index is 0.199. The van der Waals surface area contributed by atoms with Gasteiger partial charge in [0.15, 0.2) is 0 Å². The van der Waals surface area contributed by atoms with Gasteiger partial charge in [0.25, 0.3) is 5.91 Å². The maximum atomic E-state index is 13.8. The molecule has 37 heavy (non-hydrogen) atoms. The first-order valence-electron chi connectivity index (χ1n) is 11.8. The van der Waals surface area contributed by atoms with Crippen molar-refractivity contribution in [1.29, 1.82) is 0 Å². The first-order chi connectivity index (χ1) is 16.7. The molecule has 0 aromatic carbocycles. The Balaban J connectivity index is 2.37. The zero-order valence-electron chi connectivity index (χ0n) is 21.4. The van der Waals surface area contributed by atoms with Gasteiger partial charge in [0.1, 0.15) is 12.1 Å². The van der Waals surface area contributed by atoms with Gasteiger partial charge < -0.3 is 26.0 Å². The highest BCUT2D eigenvalue weighted by molar-refractivity contribution is 6.38. The Hall–Kier alpha value is -2.93. The van der Waals surface area contributed by atoms with Crippen LogP contribution in [-0.4, -0.2) is 83.2 Å². The monoisotopic (exact) mass is 538 g/mol. The molecule has 1 aliphatic heterocycles. The minimum Gasteiger partial charge on any atom is -0.465 e. The van der Waals surface area contributed by atoms with Crippen LogP contribution in [0.15, 0.2) is 0 Å². The van der Waals surface area contributed by atoms with Crippen molar-refractivity contribution in [1.82, 2.24) is 20.9 Å². The Bertz CT molecular complexity index is 939. The number of ketones is 1. The van der Waals surface area contributed by atoms with Crippen LogP contribution in [-0.2, 0) is 19.2 Å². The van der Waals surface area contributed by atoms with Crippen molar-refractivity contribution < 1.29 is 46.6 Å². The molecular formula is C23H34F4N4O6. The summed E-state index contributed by atoms with van der Waals surface area (Å²) in [6.07, 6.45) is -4.31. The van der Waals surface area contributed by atoms with Crippen LogP contribution in [0.4, 0.5) is 22.4 Å². The molecule has 14 heteroatoms. The molecule has 1 spiro atoms. The molecule has 1 aliphatic carbocycles. The van der Waals surface area contributed by atoms with Crippen LogP contribution in [0.3, 0.4) is 0 Å². The number of likely N-dealkylation sites (tertiary alicyclic amines) is 1. The average molecular weight is 539 g/mol. The molecule has 2 rings (SSSR count). The van der Waals surface area contributed by atoms with Gasteiger partial charge in [-0.2, -0.15) is 0 Å². The number of halogens is 4. The van der Waals surface area contributed by atoms with Gasteiger partial charge >= 0.3 is 6.09 Å². The van der Waals surface area contributed by atoms with E-state index in [9.17, 15) is 46.6 Å². The van der Waals surface area contributed by atoms with Crippen LogP contribution < -0.4 is 16.0 Å².